The van der Waals surface area contributed by atoms with Gasteiger partial charge < -0.3 is 9.84 Å². The summed E-state index contributed by atoms with van der Waals surface area (Å²) in [5, 5.41) is 10.8. The Balaban J connectivity index is 1.85. The van der Waals surface area contributed by atoms with Crippen LogP contribution in [-0.2, 0) is 16.8 Å². The molecular weight excluding hydrogens is 268 g/mol. The minimum Gasteiger partial charge on any atom is -0.385 e. The van der Waals surface area contributed by atoms with Crippen molar-refractivity contribution in [1.29, 1.82) is 0 Å². The molecule has 0 bridgehead atoms. The number of ether oxygens (including phenoxy) is 1. The van der Waals surface area contributed by atoms with Gasteiger partial charge in [0.2, 0.25) is 0 Å². The minimum absolute atomic E-state index is 0.0163. The number of benzene rings is 1. The first kappa shape index (κ1) is 13.8. The van der Waals surface area contributed by atoms with E-state index in [0.29, 0.717) is 6.42 Å². The van der Waals surface area contributed by atoms with Crippen LogP contribution in [0.15, 0.2) is 36.4 Å². The molecule has 0 spiro atoms. The molecule has 0 amide bonds. The van der Waals surface area contributed by atoms with Crippen LogP contribution in [0.2, 0.25) is 0 Å². The summed E-state index contributed by atoms with van der Waals surface area (Å²) in [6.07, 6.45) is 1.55. The van der Waals surface area contributed by atoms with Crippen molar-refractivity contribution < 1.29 is 9.84 Å². The Bertz CT molecular complexity index is 601. The molecule has 1 aliphatic rings. The fraction of sp³-hybridized carbons (Fsp3) is 0.412. The van der Waals surface area contributed by atoms with Gasteiger partial charge in [0.15, 0.2) is 0 Å². The van der Waals surface area contributed by atoms with Crippen LogP contribution in [0.3, 0.4) is 0 Å². The Hall–Kier alpha value is -1.16. The average Bonchev–Trinajstić information content (AvgIpc) is 2.86. The molecule has 1 aromatic heterocycles. The largest absolute Gasteiger partial charge is 0.385 e. The monoisotopic (exact) mass is 288 g/mol. The van der Waals surface area contributed by atoms with Crippen molar-refractivity contribution in [2.75, 3.05) is 6.61 Å². The normalized spacial score (nSPS) is 21.2. The van der Waals surface area contributed by atoms with Crippen molar-refractivity contribution in [2.45, 2.75) is 38.4 Å². The van der Waals surface area contributed by atoms with E-state index >= 15 is 0 Å². The van der Waals surface area contributed by atoms with Crippen LogP contribution < -0.4 is 0 Å². The Morgan fingerprint density at radius 1 is 1.30 bits per heavy atom. The maximum absolute atomic E-state index is 10.8. The lowest BCUT2D eigenvalue weighted by atomic mass is 9.89. The summed E-state index contributed by atoms with van der Waals surface area (Å²) in [6, 6.07) is 12.5. The highest BCUT2D eigenvalue weighted by Crippen LogP contribution is 2.39. The number of hydrogen-bond acceptors (Lipinski definition) is 3. The highest BCUT2D eigenvalue weighted by Gasteiger charge is 2.32. The number of aryl methyl sites for hydroxylation is 1. The van der Waals surface area contributed by atoms with Gasteiger partial charge in [-0.05, 0) is 43.5 Å². The molecule has 3 heteroatoms. The van der Waals surface area contributed by atoms with Gasteiger partial charge in [0.05, 0.1) is 18.3 Å². The number of hydrogen-bond donors (Lipinski definition) is 1. The third-order valence-electron chi connectivity index (χ3n) is 3.95. The fourth-order valence-corrected chi connectivity index (χ4v) is 3.75. The molecule has 0 aliphatic carbocycles. The minimum atomic E-state index is -0.839. The Morgan fingerprint density at radius 3 is 2.85 bits per heavy atom. The van der Waals surface area contributed by atoms with Gasteiger partial charge >= 0.3 is 0 Å². The third kappa shape index (κ3) is 2.66. The number of fused-ring (bicyclic) bond motifs is 1. The van der Waals surface area contributed by atoms with Crippen LogP contribution in [0.5, 0.6) is 0 Å². The summed E-state index contributed by atoms with van der Waals surface area (Å²) in [4.78, 5) is 2.24. The van der Waals surface area contributed by atoms with Gasteiger partial charge in [-0.15, -0.1) is 11.3 Å². The number of thiophene rings is 1. The standard InChI is InChI=1S/C17H20O2S/c1-12-7-8-16(20-12)17(2,18)11-15-14-6-4-3-5-13(14)9-10-19-15/h3-8,15,18H,9-11H2,1-2H3. The highest BCUT2D eigenvalue weighted by molar-refractivity contribution is 7.12. The lowest BCUT2D eigenvalue weighted by Crippen LogP contribution is -2.27. The van der Waals surface area contributed by atoms with Crippen LogP contribution in [0.1, 0.15) is 40.3 Å². The lowest BCUT2D eigenvalue weighted by molar-refractivity contribution is -0.0381. The zero-order valence-electron chi connectivity index (χ0n) is 11.9. The van der Waals surface area contributed by atoms with Crippen molar-refractivity contribution in [1.82, 2.24) is 0 Å². The molecule has 2 atom stereocenters. The van der Waals surface area contributed by atoms with Gasteiger partial charge in [-0.1, -0.05) is 24.3 Å². The van der Waals surface area contributed by atoms with Gasteiger partial charge in [0.1, 0.15) is 0 Å². The molecular formula is C17H20O2S. The van der Waals surface area contributed by atoms with Gasteiger partial charge in [0, 0.05) is 16.2 Å². The van der Waals surface area contributed by atoms with Crippen LogP contribution in [0.4, 0.5) is 0 Å². The molecule has 2 heterocycles. The molecule has 0 saturated carbocycles. The van der Waals surface area contributed by atoms with E-state index in [-0.39, 0.29) is 6.10 Å². The van der Waals surface area contributed by atoms with Crippen LogP contribution in [0, 0.1) is 6.92 Å². The fourth-order valence-electron chi connectivity index (χ4n) is 2.83. The molecule has 2 unspecified atom stereocenters. The molecule has 3 rings (SSSR count). The van der Waals surface area contributed by atoms with E-state index in [4.69, 9.17) is 4.74 Å². The van der Waals surface area contributed by atoms with Gasteiger partial charge in [-0.25, -0.2) is 0 Å². The zero-order chi connectivity index (χ0) is 14.2. The summed E-state index contributed by atoms with van der Waals surface area (Å²) in [6.45, 7) is 4.69. The smallest absolute Gasteiger partial charge is 0.0988 e. The van der Waals surface area contributed by atoms with E-state index in [0.717, 1.165) is 17.9 Å². The van der Waals surface area contributed by atoms with E-state index < -0.39 is 5.60 Å². The van der Waals surface area contributed by atoms with E-state index in [1.165, 1.54) is 16.0 Å². The molecule has 1 aliphatic heterocycles. The Kier molecular flexibility index (Phi) is 3.67. The molecule has 106 valence electrons. The second-order valence-corrected chi connectivity index (χ2v) is 6.98. The van der Waals surface area contributed by atoms with Crippen molar-refractivity contribution in [3.8, 4) is 0 Å². The highest BCUT2D eigenvalue weighted by atomic mass is 32.1. The second-order valence-electron chi connectivity index (χ2n) is 5.70. The first-order valence-electron chi connectivity index (χ1n) is 7.05. The third-order valence-corrected chi connectivity index (χ3v) is 5.20. The van der Waals surface area contributed by atoms with E-state index in [1.807, 2.05) is 19.1 Å². The maximum atomic E-state index is 10.8. The topological polar surface area (TPSA) is 29.5 Å². The van der Waals surface area contributed by atoms with Crippen molar-refractivity contribution in [3.05, 3.63) is 57.3 Å². The molecule has 2 nitrogen and oxygen atoms in total. The van der Waals surface area contributed by atoms with Crippen LogP contribution in [0.25, 0.3) is 0 Å². The first-order chi connectivity index (χ1) is 9.56. The van der Waals surface area contributed by atoms with Gasteiger partial charge in [0.25, 0.3) is 0 Å². The summed E-state index contributed by atoms with van der Waals surface area (Å²) in [5.41, 5.74) is 1.74. The quantitative estimate of drug-likeness (QED) is 0.926. The summed E-state index contributed by atoms with van der Waals surface area (Å²) < 4.78 is 5.91. The van der Waals surface area contributed by atoms with Crippen molar-refractivity contribution >= 4 is 11.3 Å². The molecule has 1 N–H and O–H groups in total. The summed E-state index contributed by atoms with van der Waals surface area (Å²) in [7, 11) is 0. The maximum Gasteiger partial charge on any atom is 0.0988 e. The first-order valence-corrected chi connectivity index (χ1v) is 7.86. The average molecular weight is 288 g/mol. The zero-order valence-corrected chi connectivity index (χ0v) is 12.7. The van der Waals surface area contributed by atoms with Crippen molar-refractivity contribution in [2.24, 2.45) is 0 Å². The van der Waals surface area contributed by atoms with Gasteiger partial charge in [-0.2, -0.15) is 0 Å². The summed E-state index contributed by atoms with van der Waals surface area (Å²) >= 11 is 1.66. The molecule has 0 saturated heterocycles. The number of aliphatic hydroxyl groups is 1. The summed E-state index contributed by atoms with van der Waals surface area (Å²) in [5.74, 6) is 0. The van der Waals surface area contributed by atoms with Crippen LogP contribution in [-0.4, -0.2) is 11.7 Å². The molecule has 0 fully saturated rings. The number of rotatable bonds is 3. The van der Waals surface area contributed by atoms with E-state index in [9.17, 15) is 5.11 Å². The van der Waals surface area contributed by atoms with E-state index in [2.05, 4.69) is 31.2 Å². The van der Waals surface area contributed by atoms with Crippen molar-refractivity contribution in [3.63, 3.8) is 0 Å². The Morgan fingerprint density at radius 2 is 2.10 bits per heavy atom. The Labute approximate surface area is 124 Å². The lowest BCUT2D eigenvalue weighted by Gasteiger charge is -2.32. The molecule has 0 radical (unpaired) electrons. The molecule has 1 aromatic carbocycles. The van der Waals surface area contributed by atoms with Gasteiger partial charge in [-0.3, -0.25) is 0 Å². The van der Waals surface area contributed by atoms with E-state index in [1.54, 1.807) is 11.3 Å². The molecule has 2 aromatic rings. The second kappa shape index (κ2) is 5.32. The predicted molar refractivity (Wildman–Crippen MR) is 82.1 cm³/mol. The predicted octanol–water partition coefficient (Wildman–Crippen LogP) is 3.97. The SMILES string of the molecule is Cc1ccc(C(C)(O)CC2OCCc3ccccc32)s1. The van der Waals surface area contributed by atoms with Crippen LogP contribution >= 0.6 is 11.3 Å². The molecule has 20 heavy (non-hydrogen) atoms.